The van der Waals surface area contributed by atoms with E-state index >= 15 is 0 Å². The molecule has 1 aromatic rings. The highest BCUT2D eigenvalue weighted by Gasteiger charge is 2.38. The fourth-order valence-electron chi connectivity index (χ4n) is 2.45. The highest BCUT2D eigenvalue weighted by atomic mass is 16.7. The topological polar surface area (TPSA) is 62.9 Å². The number of nitrogens with two attached hydrogens (primary N) is 1. The Morgan fingerprint density at radius 2 is 1.85 bits per heavy atom. The van der Waals surface area contributed by atoms with Crippen LogP contribution in [0.3, 0.4) is 0 Å². The SMILES string of the molecule is CC1COC(CN)(c2ccc3c(c2)OCCCO3)OC1. The fourth-order valence-corrected chi connectivity index (χ4v) is 2.45. The Morgan fingerprint density at radius 3 is 2.55 bits per heavy atom. The molecule has 0 saturated carbocycles. The van der Waals surface area contributed by atoms with Gasteiger partial charge in [0.15, 0.2) is 11.5 Å². The minimum atomic E-state index is -0.864. The van der Waals surface area contributed by atoms with E-state index in [1.54, 1.807) is 0 Å². The van der Waals surface area contributed by atoms with Gasteiger partial charge in [-0.25, -0.2) is 0 Å². The quantitative estimate of drug-likeness (QED) is 0.891. The first-order chi connectivity index (χ1) is 9.73. The molecular formula is C15H21NO4. The van der Waals surface area contributed by atoms with Crippen LogP contribution in [-0.4, -0.2) is 33.0 Å². The molecule has 20 heavy (non-hydrogen) atoms. The Morgan fingerprint density at radius 1 is 1.15 bits per heavy atom. The molecule has 0 amide bonds. The van der Waals surface area contributed by atoms with Crippen LogP contribution >= 0.6 is 0 Å². The lowest BCUT2D eigenvalue weighted by Crippen LogP contribution is -2.46. The van der Waals surface area contributed by atoms with Crippen molar-refractivity contribution in [3.05, 3.63) is 23.8 Å². The van der Waals surface area contributed by atoms with E-state index in [4.69, 9.17) is 24.7 Å². The average molecular weight is 279 g/mol. The van der Waals surface area contributed by atoms with Crippen molar-refractivity contribution in [3.8, 4) is 11.5 Å². The standard InChI is InChI=1S/C15H21NO4/c1-11-8-19-15(10-16,20-9-11)12-3-4-13-14(7-12)18-6-2-5-17-13/h3-4,7,11H,2,5-6,8-10,16H2,1H3. The first-order valence-electron chi connectivity index (χ1n) is 7.11. The molecule has 5 nitrogen and oxygen atoms in total. The molecule has 2 heterocycles. The molecule has 0 spiro atoms. The Balaban J connectivity index is 1.90. The summed E-state index contributed by atoms with van der Waals surface area (Å²) in [7, 11) is 0. The van der Waals surface area contributed by atoms with Gasteiger partial charge in [0.05, 0.1) is 33.0 Å². The first kappa shape index (κ1) is 13.7. The van der Waals surface area contributed by atoms with Crippen LogP contribution in [0.2, 0.25) is 0 Å². The van der Waals surface area contributed by atoms with Gasteiger partial charge in [-0.3, -0.25) is 0 Å². The van der Waals surface area contributed by atoms with Crippen LogP contribution in [0.1, 0.15) is 18.9 Å². The Bertz CT molecular complexity index is 469. The van der Waals surface area contributed by atoms with Gasteiger partial charge in [-0.05, 0) is 18.2 Å². The molecule has 0 bridgehead atoms. The molecule has 1 fully saturated rings. The van der Waals surface area contributed by atoms with Crippen LogP contribution in [0, 0.1) is 5.92 Å². The molecule has 3 rings (SSSR count). The van der Waals surface area contributed by atoms with Crippen LogP contribution in [-0.2, 0) is 15.3 Å². The molecular weight excluding hydrogens is 258 g/mol. The predicted octanol–water partition coefficient (Wildman–Crippen LogP) is 1.64. The maximum Gasteiger partial charge on any atom is 0.207 e. The van der Waals surface area contributed by atoms with Crippen molar-refractivity contribution in [3.63, 3.8) is 0 Å². The molecule has 0 aromatic heterocycles. The van der Waals surface area contributed by atoms with Crippen molar-refractivity contribution in [1.82, 2.24) is 0 Å². The summed E-state index contributed by atoms with van der Waals surface area (Å²) in [5, 5.41) is 0. The van der Waals surface area contributed by atoms with Gasteiger partial charge in [0.25, 0.3) is 0 Å². The highest BCUT2D eigenvalue weighted by Crippen LogP contribution is 2.37. The second kappa shape index (κ2) is 5.60. The van der Waals surface area contributed by atoms with Crippen LogP contribution in [0.25, 0.3) is 0 Å². The third kappa shape index (κ3) is 2.49. The molecule has 0 aliphatic carbocycles. The van der Waals surface area contributed by atoms with Gasteiger partial charge < -0.3 is 24.7 Å². The Kier molecular flexibility index (Phi) is 3.83. The summed E-state index contributed by atoms with van der Waals surface area (Å²) in [4.78, 5) is 0. The Labute approximate surface area is 118 Å². The highest BCUT2D eigenvalue weighted by molar-refractivity contribution is 5.44. The number of fused-ring (bicyclic) bond motifs is 1. The lowest BCUT2D eigenvalue weighted by Gasteiger charge is -2.39. The molecule has 0 radical (unpaired) electrons. The van der Waals surface area contributed by atoms with Gasteiger partial charge in [-0.2, -0.15) is 0 Å². The van der Waals surface area contributed by atoms with Gasteiger partial charge >= 0.3 is 0 Å². The summed E-state index contributed by atoms with van der Waals surface area (Å²) in [6.07, 6.45) is 0.885. The van der Waals surface area contributed by atoms with E-state index in [1.165, 1.54) is 0 Å². The summed E-state index contributed by atoms with van der Waals surface area (Å²) in [6, 6.07) is 5.76. The maximum absolute atomic E-state index is 5.90. The summed E-state index contributed by atoms with van der Waals surface area (Å²) in [6.45, 7) is 4.99. The molecule has 2 N–H and O–H groups in total. The van der Waals surface area contributed by atoms with Gasteiger partial charge in [-0.15, -0.1) is 0 Å². The monoisotopic (exact) mass is 279 g/mol. The van der Waals surface area contributed by atoms with Gasteiger partial charge in [-0.1, -0.05) is 6.92 Å². The number of hydrogen-bond donors (Lipinski definition) is 1. The lowest BCUT2D eigenvalue weighted by atomic mass is 10.0. The predicted molar refractivity (Wildman–Crippen MR) is 73.8 cm³/mol. The van der Waals surface area contributed by atoms with E-state index in [9.17, 15) is 0 Å². The number of rotatable bonds is 2. The summed E-state index contributed by atoms with van der Waals surface area (Å²) < 4.78 is 23.1. The minimum absolute atomic E-state index is 0.277. The molecule has 0 atom stereocenters. The van der Waals surface area contributed by atoms with Crippen LogP contribution in [0.15, 0.2) is 18.2 Å². The maximum atomic E-state index is 5.90. The molecule has 2 aliphatic rings. The Hall–Kier alpha value is -1.30. The smallest absolute Gasteiger partial charge is 0.207 e. The van der Waals surface area contributed by atoms with E-state index in [1.807, 2.05) is 18.2 Å². The largest absolute Gasteiger partial charge is 0.490 e. The molecule has 1 saturated heterocycles. The van der Waals surface area contributed by atoms with Gasteiger partial charge in [0.2, 0.25) is 5.79 Å². The van der Waals surface area contributed by atoms with E-state index in [0.717, 1.165) is 23.5 Å². The third-order valence-corrected chi connectivity index (χ3v) is 3.66. The lowest BCUT2D eigenvalue weighted by molar-refractivity contribution is -0.284. The number of ether oxygens (including phenoxy) is 4. The summed E-state index contributed by atoms with van der Waals surface area (Å²) >= 11 is 0. The van der Waals surface area contributed by atoms with E-state index in [0.29, 0.717) is 32.3 Å². The first-order valence-corrected chi connectivity index (χ1v) is 7.11. The van der Waals surface area contributed by atoms with Crippen molar-refractivity contribution >= 4 is 0 Å². The van der Waals surface area contributed by atoms with E-state index < -0.39 is 5.79 Å². The van der Waals surface area contributed by atoms with Crippen molar-refractivity contribution in [2.24, 2.45) is 11.7 Å². The molecule has 0 unspecified atom stereocenters. The molecule has 5 heteroatoms. The third-order valence-electron chi connectivity index (χ3n) is 3.66. The summed E-state index contributed by atoms with van der Waals surface area (Å²) in [5.41, 5.74) is 6.79. The van der Waals surface area contributed by atoms with Crippen molar-refractivity contribution < 1.29 is 18.9 Å². The molecule has 1 aromatic carbocycles. The van der Waals surface area contributed by atoms with Crippen LogP contribution in [0.5, 0.6) is 11.5 Å². The van der Waals surface area contributed by atoms with Crippen molar-refractivity contribution in [1.29, 1.82) is 0 Å². The van der Waals surface area contributed by atoms with Gasteiger partial charge in [0.1, 0.15) is 0 Å². The normalized spacial score (nSPS) is 29.8. The number of hydrogen-bond acceptors (Lipinski definition) is 5. The van der Waals surface area contributed by atoms with E-state index in [-0.39, 0.29) is 6.54 Å². The van der Waals surface area contributed by atoms with E-state index in [2.05, 4.69) is 6.92 Å². The molecule has 2 aliphatic heterocycles. The average Bonchev–Trinajstić information content (AvgIpc) is 2.73. The zero-order valence-electron chi connectivity index (χ0n) is 11.8. The second-order valence-electron chi connectivity index (χ2n) is 5.40. The van der Waals surface area contributed by atoms with Crippen LogP contribution < -0.4 is 15.2 Å². The minimum Gasteiger partial charge on any atom is -0.490 e. The molecule has 110 valence electrons. The zero-order chi connectivity index (χ0) is 14.0. The van der Waals surface area contributed by atoms with Crippen molar-refractivity contribution in [2.75, 3.05) is 33.0 Å². The van der Waals surface area contributed by atoms with Crippen molar-refractivity contribution in [2.45, 2.75) is 19.1 Å². The summed E-state index contributed by atoms with van der Waals surface area (Å²) in [5.74, 6) is 1.02. The fraction of sp³-hybridized carbons (Fsp3) is 0.600. The van der Waals surface area contributed by atoms with Crippen LogP contribution in [0.4, 0.5) is 0 Å². The second-order valence-corrected chi connectivity index (χ2v) is 5.40. The number of benzene rings is 1. The zero-order valence-corrected chi connectivity index (χ0v) is 11.8. The van der Waals surface area contributed by atoms with Gasteiger partial charge in [0, 0.05) is 17.9 Å².